The summed E-state index contributed by atoms with van der Waals surface area (Å²) in [4.78, 5) is 37.4. The minimum absolute atomic E-state index is 0.0822. The molecule has 0 bridgehead atoms. The predicted octanol–water partition coefficient (Wildman–Crippen LogP) is 3.62. The van der Waals surface area contributed by atoms with E-state index in [0.29, 0.717) is 6.42 Å². The number of carbonyl (C=O) groups excluding carboxylic acids is 3. The van der Waals surface area contributed by atoms with E-state index in [2.05, 4.69) is 0 Å². The van der Waals surface area contributed by atoms with Crippen molar-refractivity contribution in [3.05, 3.63) is 71.8 Å². The summed E-state index contributed by atoms with van der Waals surface area (Å²) in [5.41, 5.74) is 1.76. The Morgan fingerprint density at radius 1 is 1.00 bits per heavy atom. The first-order valence-electron chi connectivity index (χ1n) is 8.88. The van der Waals surface area contributed by atoms with Crippen LogP contribution in [0.25, 0.3) is 0 Å². The largest absolute Gasteiger partial charge is 0.461 e. The Morgan fingerprint density at radius 3 is 2.37 bits per heavy atom. The number of hydrogen-bond donors (Lipinski definition) is 0. The number of esters is 1. The fraction of sp³-hybridized carbons (Fsp3) is 0.286. The summed E-state index contributed by atoms with van der Waals surface area (Å²) >= 11 is 0. The van der Waals surface area contributed by atoms with Gasteiger partial charge in [-0.15, -0.1) is 0 Å². The molecule has 3 rings (SSSR count). The number of carbonyl (C=O) groups is 3. The topological polar surface area (TPSA) is 72.9 Å². The molecule has 1 fully saturated rings. The number of nitrogens with zero attached hydrogens (tertiary/aromatic N) is 1. The molecule has 0 aromatic heterocycles. The molecule has 0 N–H and O–H groups in total. The SMILES string of the molecule is O=C(CCCC(=O)N1C(=O)OC[C@@H]1c1ccccc1)OCc1ccccc1. The summed E-state index contributed by atoms with van der Waals surface area (Å²) in [7, 11) is 0. The molecule has 140 valence electrons. The minimum atomic E-state index is -0.638. The van der Waals surface area contributed by atoms with Crippen molar-refractivity contribution < 1.29 is 23.9 Å². The van der Waals surface area contributed by atoms with Crippen LogP contribution in [0.5, 0.6) is 0 Å². The Kier molecular flexibility index (Phi) is 6.20. The molecule has 1 heterocycles. The van der Waals surface area contributed by atoms with Gasteiger partial charge in [0.15, 0.2) is 0 Å². The van der Waals surface area contributed by atoms with Crippen LogP contribution in [0.1, 0.15) is 36.4 Å². The van der Waals surface area contributed by atoms with Crippen LogP contribution in [0.4, 0.5) is 4.79 Å². The second-order valence-corrected chi connectivity index (χ2v) is 6.27. The van der Waals surface area contributed by atoms with Crippen LogP contribution < -0.4 is 0 Å². The highest BCUT2D eigenvalue weighted by Gasteiger charge is 2.38. The summed E-state index contributed by atoms with van der Waals surface area (Å²) in [6, 6.07) is 18.3. The molecule has 1 aliphatic heterocycles. The van der Waals surface area contributed by atoms with E-state index in [1.807, 2.05) is 60.7 Å². The van der Waals surface area contributed by atoms with Crippen molar-refractivity contribution in [1.29, 1.82) is 0 Å². The van der Waals surface area contributed by atoms with Gasteiger partial charge in [0.25, 0.3) is 0 Å². The first-order chi connectivity index (χ1) is 13.1. The average Bonchev–Trinajstić information content (AvgIpc) is 3.09. The summed E-state index contributed by atoms with van der Waals surface area (Å²) < 4.78 is 10.2. The van der Waals surface area contributed by atoms with Crippen LogP contribution in [-0.2, 0) is 25.7 Å². The van der Waals surface area contributed by atoms with E-state index in [0.717, 1.165) is 16.0 Å². The van der Waals surface area contributed by atoms with Gasteiger partial charge < -0.3 is 9.47 Å². The first-order valence-corrected chi connectivity index (χ1v) is 8.88. The highest BCUT2D eigenvalue weighted by molar-refractivity contribution is 5.93. The first kappa shape index (κ1) is 18.6. The lowest BCUT2D eigenvalue weighted by molar-refractivity contribution is -0.145. The van der Waals surface area contributed by atoms with Crippen LogP contribution in [0.2, 0.25) is 0 Å². The van der Waals surface area contributed by atoms with Crippen LogP contribution in [0.3, 0.4) is 0 Å². The molecule has 1 aliphatic rings. The summed E-state index contributed by atoms with van der Waals surface area (Å²) in [6.07, 6.45) is -0.117. The Bertz CT molecular complexity index is 791. The van der Waals surface area contributed by atoms with Gasteiger partial charge >= 0.3 is 12.1 Å². The van der Waals surface area contributed by atoms with E-state index in [9.17, 15) is 14.4 Å². The van der Waals surface area contributed by atoms with Crippen molar-refractivity contribution in [3.8, 4) is 0 Å². The van der Waals surface area contributed by atoms with Crippen molar-refractivity contribution in [2.24, 2.45) is 0 Å². The second kappa shape index (κ2) is 8.98. The molecule has 0 unspecified atom stereocenters. The van der Waals surface area contributed by atoms with Gasteiger partial charge in [-0.05, 0) is 17.5 Å². The van der Waals surface area contributed by atoms with E-state index < -0.39 is 12.1 Å². The van der Waals surface area contributed by atoms with Crippen molar-refractivity contribution in [2.45, 2.75) is 31.9 Å². The normalized spacial score (nSPS) is 16.1. The Morgan fingerprint density at radius 2 is 1.67 bits per heavy atom. The highest BCUT2D eigenvalue weighted by Crippen LogP contribution is 2.28. The summed E-state index contributed by atoms with van der Waals surface area (Å²) in [5.74, 6) is -0.711. The van der Waals surface area contributed by atoms with Crippen molar-refractivity contribution >= 4 is 18.0 Å². The number of imide groups is 1. The van der Waals surface area contributed by atoms with Crippen molar-refractivity contribution in [2.75, 3.05) is 6.61 Å². The molecule has 2 amide bonds. The fourth-order valence-electron chi connectivity index (χ4n) is 2.93. The zero-order valence-electron chi connectivity index (χ0n) is 14.9. The lowest BCUT2D eigenvalue weighted by atomic mass is 10.1. The zero-order chi connectivity index (χ0) is 19.1. The lowest BCUT2D eigenvalue weighted by Gasteiger charge is -2.19. The standard InChI is InChI=1S/C21H21NO5/c23-19(12-7-13-20(24)26-14-16-8-3-1-4-9-16)22-18(15-27-21(22)25)17-10-5-2-6-11-17/h1-6,8-11,18H,7,12-15H2/t18-/m1/s1. The van der Waals surface area contributed by atoms with Gasteiger partial charge in [-0.2, -0.15) is 0 Å². The second-order valence-electron chi connectivity index (χ2n) is 6.27. The highest BCUT2D eigenvalue weighted by atomic mass is 16.6. The maximum Gasteiger partial charge on any atom is 0.417 e. The number of benzene rings is 2. The van der Waals surface area contributed by atoms with Gasteiger partial charge in [-0.25, -0.2) is 9.69 Å². The summed E-state index contributed by atoms with van der Waals surface area (Å²) in [5, 5.41) is 0. The van der Waals surface area contributed by atoms with Crippen LogP contribution in [-0.4, -0.2) is 29.5 Å². The molecular weight excluding hydrogens is 346 g/mol. The Labute approximate surface area is 157 Å². The minimum Gasteiger partial charge on any atom is -0.461 e. The van der Waals surface area contributed by atoms with Gasteiger partial charge in [-0.1, -0.05) is 60.7 Å². The monoisotopic (exact) mass is 367 g/mol. The van der Waals surface area contributed by atoms with E-state index in [-0.39, 0.29) is 37.9 Å². The lowest BCUT2D eigenvalue weighted by Crippen LogP contribution is -2.34. The van der Waals surface area contributed by atoms with Crippen LogP contribution in [0, 0.1) is 0 Å². The number of ether oxygens (including phenoxy) is 2. The van der Waals surface area contributed by atoms with E-state index in [1.54, 1.807) is 0 Å². The summed E-state index contributed by atoms with van der Waals surface area (Å²) in [6.45, 7) is 0.357. The molecular formula is C21H21NO5. The van der Waals surface area contributed by atoms with E-state index in [4.69, 9.17) is 9.47 Å². The number of rotatable bonds is 7. The quantitative estimate of drug-likeness (QED) is 0.699. The molecule has 1 saturated heterocycles. The Hall–Kier alpha value is -3.15. The van der Waals surface area contributed by atoms with Crippen molar-refractivity contribution in [1.82, 2.24) is 4.90 Å². The van der Waals surface area contributed by atoms with Gasteiger partial charge in [0.05, 0.1) is 0 Å². The number of amides is 2. The molecule has 0 radical (unpaired) electrons. The molecule has 1 atom stereocenters. The molecule has 6 heteroatoms. The van der Waals surface area contributed by atoms with Gasteiger partial charge in [0, 0.05) is 12.8 Å². The maximum atomic E-state index is 12.5. The molecule has 27 heavy (non-hydrogen) atoms. The van der Waals surface area contributed by atoms with Gasteiger partial charge in [0.2, 0.25) is 5.91 Å². The van der Waals surface area contributed by atoms with Crippen molar-refractivity contribution in [3.63, 3.8) is 0 Å². The molecule has 2 aromatic rings. The zero-order valence-corrected chi connectivity index (χ0v) is 14.9. The number of hydrogen-bond acceptors (Lipinski definition) is 5. The average molecular weight is 367 g/mol. The smallest absolute Gasteiger partial charge is 0.417 e. The van der Waals surface area contributed by atoms with E-state index >= 15 is 0 Å². The molecule has 0 saturated carbocycles. The third-order valence-corrected chi connectivity index (χ3v) is 4.34. The Balaban J connectivity index is 1.46. The molecule has 2 aromatic carbocycles. The number of cyclic esters (lactones) is 1. The molecule has 0 aliphatic carbocycles. The van der Waals surface area contributed by atoms with Gasteiger partial charge in [-0.3, -0.25) is 9.59 Å². The third kappa shape index (κ3) is 4.94. The fourth-order valence-corrected chi connectivity index (χ4v) is 2.93. The molecule has 6 nitrogen and oxygen atoms in total. The maximum absolute atomic E-state index is 12.5. The van der Waals surface area contributed by atoms with Crippen LogP contribution >= 0.6 is 0 Å². The van der Waals surface area contributed by atoms with Gasteiger partial charge in [0.1, 0.15) is 19.3 Å². The third-order valence-electron chi connectivity index (χ3n) is 4.34. The predicted molar refractivity (Wildman–Crippen MR) is 97.5 cm³/mol. The van der Waals surface area contributed by atoms with E-state index in [1.165, 1.54) is 0 Å². The van der Waals surface area contributed by atoms with Crippen LogP contribution in [0.15, 0.2) is 60.7 Å². The molecule has 0 spiro atoms.